The fraction of sp³-hybridized carbons (Fsp3) is 0.417. The van der Waals surface area contributed by atoms with Gasteiger partial charge in [-0.25, -0.2) is 9.50 Å². The van der Waals surface area contributed by atoms with Gasteiger partial charge in [0.1, 0.15) is 5.52 Å². The topological polar surface area (TPSA) is 79.5 Å². The maximum Gasteiger partial charge on any atom is 0.303 e. The first-order chi connectivity index (χ1) is 8.77. The van der Waals surface area contributed by atoms with Crippen LogP contribution in [0.25, 0.3) is 5.52 Å². The van der Waals surface area contributed by atoms with Gasteiger partial charge in [-0.05, 0) is 18.9 Å². The maximum atomic E-state index is 10.3. The predicted molar refractivity (Wildman–Crippen MR) is 67.6 cm³/mol. The summed E-state index contributed by atoms with van der Waals surface area (Å²) in [6.07, 6.45) is 8.04. The van der Waals surface area contributed by atoms with Crippen LogP contribution in [-0.2, 0) is 4.79 Å². The molecule has 2 rings (SSSR count). The number of anilines is 1. The molecular weight excluding hydrogens is 232 g/mol. The predicted octanol–water partition coefficient (Wildman–Crippen LogP) is 1.79. The van der Waals surface area contributed by atoms with Crippen molar-refractivity contribution in [3.05, 3.63) is 24.7 Å². The van der Waals surface area contributed by atoms with Gasteiger partial charge in [-0.1, -0.05) is 6.42 Å². The molecule has 18 heavy (non-hydrogen) atoms. The summed E-state index contributed by atoms with van der Waals surface area (Å²) in [4.78, 5) is 14.6. The normalized spacial score (nSPS) is 10.7. The molecule has 6 heteroatoms. The van der Waals surface area contributed by atoms with E-state index >= 15 is 0 Å². The van der Waals surface area contributed by atoms with E-state index in [-0.39, 0.29) is 6.42 Å². The molecule has 0 atom stereocenters. The van der Waals surface area contributed by atoms with Crippen molar-refractivity contribution in [2.24, 2.45) is 0 Å². The number of carboxylic acid groups (broad SMARTS) is 1. The minimum absolute atomic E-state index is 0.246. The third-order valence-electron chi connectivity index (χ3n) is 2.68. The van der Waals surface area contributed by atoms with E-state index in [0.717, 1.165) is 37.1 Å². The zero-order chi connectivity index (χ0) is 12.8. The minimum atomic E-state index is -0.728. The molecule has 2 aromatic rings. The molecular formula is C12H16N4O2. The van der Waals surface area contributed by atoms with Crippen LogP contribution in [0.4, 0.5) is 5.82 Å². The van der Waals surface area contributed by atoms with Gasteiger partial charge in [-0.2, -0.15) is 5.10 Å². The second kappa shape index (κ2) is 6.00. The Balaban J connectivity index is 1.76. The molecule has 0 unspecified atom stereocenters. The van der Waals surface area contributed by atoms with E-state index < -0.39 is 5.97 Å². The standard InChI is InChI=1S/C12H16N4O2/c17-11(18)4-2-1-3-6-13-12-10-5-7-15-16(10)9-8-14-12/h5,7-9H,1-4,6H2,(H,13,14)(H,17,18). The van der Waals surface area contributed by atoms with Crippen molar-refractivity contribution in [3.63, 3.8) is 0 Å². The lowest BCUT2D eigenvalue weighted by molar-refractivity contribution is -0.137. The molecule has 2 aromatic heterocycles. The number of unbranched alkanes of at least 4 members (excludes halogenated alkanes) is 2. The Morgan fingerprint density at radius 3 is 3.06 bits per heavy atom. The number of carbonyl (C=O) groups is 1. The van der Waals surface area contributed by atoms with Gasteiger partial charge in [0.2, 0.25) is 0 Å². The molecule has 0 saturated heterocycles. The van der Waals surface area contributed by atoms with E-state index in [0.29, 0.717) is 0 Å². The smallest absolute Gasteiger partial charge is 0.303 e. The lowest BCUT2D eigenvalue weighted by Crippen LogP contribution is -2.05. The van der Waals surface area contributed by atoms with E-state index in [1.54, 1.807) is 23.1 Å². The van der Waals surface area contributed by atoms with Crippen molar-refractivity contribution < 1.29 is 9.90 Å². The summed E-state index contributed by atoms with van der Waals surface area (Å²) in [5, 5.41) is 15.9. The average Bonchev–Trinajstić information content (AvgIpc) is 2.82. The molecule has 0 amide bonds. The van der Waals surface area contributed by atoms with Crippen molar-refractivity contribution in [2.45, 2.75) is 25.7 Å². The van der Waals surface area contributed by atoms with Gasteiger partial charge in [0.25, 0.3) is 0 Å². The zero-order valence-corrected chi connectivity index (χ0v) is 10.0. The monoisotopic (exact) mass is 248 g/mol. The Labute approximate surface area is 105 Å². The van der Waals surface area contributed by atoms with Gasteiger partial charge in [0.05, 0.1) is 6.20 Å². The molecule has 0 fully saturated rings. The van der Waals surface area contributed by atoms with Crippen LogP contribution in [0.3, 0.4) is 0 Å². The molecule has 0 spiro atoms. The number of aromatic nitrogens is 3. The lowest BCUT2D eigenvalue weighted by Gasteiger charge is -2.06. The summed E-state index contributed by atoms with van der Waals surface area (Å²) in [5.74, 6) is 0.0851. The van der Waals surface area contributed by atoms with E-state index in [1.165, 1.54) is 0 Å². The fourth-order valence-electron chi connectivity index (χ4n) is 1.78. The number of fused-ring (bicyclic) bond motifs is 1. The second-order valence-electron chi connectivity index (χ2n) is 4.07. The van der Waals surface area contributed by atoms with Gasteiger partial charge in [0.15, 0.2) is 5.82 Å². The molecule has 6 nitrogen and oxygen atoms in total. The largest absolute Gasteiger partial charge is 0.481 e. The number of nitrogens with zero attached hydrogens (tertiary/aromatic N) is 3. The van der Waals surface area contributed by atoms with Crippen LogP contribution in [-0.4, -0.2) is 32.2 Å². The van der Waals surface area contributed by atoms with Crippen molar-refractivity contribution in [1.82, 2.24) is 14.6 Å². The van der Waals surface area contributed by atoms with Gasteiger partial charge in [0, 0.05) is 25.4 Å². The highest BCUT2D eigenvalue weighted by Gasteiger charge is 2.02. The van der Waals surface area contributed by atoms with E-state index in [2.05, 4.69) is 15.4 Å². The van der Waals surface area contributed by atoms with Crippen LogP contribution in [0, 0.1) is 0 Å². The van der Waals surface area contributed by atoms with Crippen molar-refractivity contribution in [1.29, 1.82) is 0 Å². The maximum absolute atomic E-state index is 10.3. The van der Waals surface area contributed by atoms with Crippen LogP contribution in [0.1, 0.15) is 25.7 Å². The van der Waals surface area contributed by atoms with Crippen LogP contribution in [0.2, 0.25) is 0 Å². The highest BCUT2D eigenvalue weighted by atomic mass is 16.4. The first kappa shape index (κ1) is 12.3. The Kier molecular flexibility index (Phi) is 4.11. The fourth-order valence-corrected chi connectivity index (χ4v) is 1.78. The molecule has 0 radical (unpaired) electrons. The molecule has 2 N–H and O–H groups in total. The van der Waals surface area contributed by atoms with Crippen molar-refractivity contribution >= 4 is 17.3 Å². The van der Waals surface area contributed by atoms with Gasteiger partial charge >= 0.3 is 5.97 Å². The molecule has 0 bridgehead atoms. The number of carboxylic acids is 1. The summed E-state index contributed by atoms with van der Waals surface area (Å²) in [5.41, 5.74) is 0.947. The van der Waals surface area contributed by atoms with Gasteiger partial charge in [-0.15, -0.1) is 0 Å². The molecule has 0 aliphatic carbocycles. The number of nitrogens with one attached hydrogen (secondary N) is 1. The van der Waals surface area contributed by atoms with Crippen molar-refractivity contribution in [3.8, 4) is 0 Å². The highest BCUT2D eigenvalue weighted by Crippen LogP contribution is 2.12. The van der Waals surface area contributed by atoms with Crippen molar-refractivity contribution in [2.75, 3.05) is 11.9 Å². The Hall–Kier alpha value is -2.11. The van der Waals surface area contributed by atoms with E-state index in [9.17, 15) is 4.79 Å². The van der Waals surface area contributed by atoms with Crippen LogP contribution in [0.15, 0.2) is 24.7 Å². The summed E-state index contributed by atoms with van der Waals surface area (Å²) >= 11 is 0. The van der Waals surface area contributed by atoms with Gasteiger partial charge < -0.3 is 10.4 Å². The summed E-state index contributed by atoms with van der Waals surface area (Å²) in [7, 11) is 0. The number of hydrogen-bond acceptors (Lipinski definition) is 4. The molecule has 0 saturated carbocycles. The Bertz CT molecular complexity index is 524. The number of rotatable bonds is 7. The Morgan fingerprint density at radius 2 is 2.22 bits per heavy atom. The van der Waals surface area contributed by atoms with Crippen LogP contribution in [0.5, 0.6) is 0 Å². The average molecular weight is 248 g/mol. The van der Waals surface area contributed by atoms with E-state index in [1.807, 2.05) is 6.07 Å². The number of hydrogen-bond donors (Lipinski definition) is 2. The first-order valence-corrected chi connectivity index (χ1v) is 6.01. The summed E-state index contributed by atoms with van der Waals surface area (Å²) in [6.45, 7) is 0.789. The van der Waals surface area contributed by atoms with Crippen LogP contribution >= 0.6 is 0 Å². The highest BCUT2D eigenvalue weighted by molar-refractivity contribution is 5.67. The molecule has 0 aliphatic heterocycles. The third kappa shape index (κ3) is 3.19. The number of aliphatic carboxylic acids is 1. The quantitative estimate of drug-likeness (QED) is 0.730. The SMILES string of the molecule is O=C(O)CCCCCNc1nccn2nccc12. The molecule has 0 aromatic carbocycles. The van der Waals surface area contributed by atoms with Gasteiger partial charge in [-0.3, -0.25) is 4.79 Å². The second-order valence-corrected chi connectivity index (χ2v) is 4.07. The zero-order valence-electron chi connectivity index (χ0n) is 10.0. The molecule has 0 aliphatic rings. The van der Waals surface area contributed by atoms with E-state index in [4.69, 9.17) is 5.11 Å². The lowest BCUT2D eigenvalue weighted by atomic mass is 10.2. The molecule has 96 valence electrons. The van der Waals surface area contributed by atoms with Crippen LogP contribution < -0.4 is 5.32 Å². The first-order valence-electron chi connectivity index (χ1n) is 6.01. The third-order valence-corrected chi connectivity index (χ3v) is 2.68. The Morgan fingerprint density at radius 1 is 1.33 bits per heavy atom. The minimum Gasteiger partial charge on any atom is -0.481 e. The summed E-state index contributed by atoms with van der Waals surface area (Å²) < 4.78 is 1.76. The molecule has 2 heterocycles. The summed E-state index contributed by atoms with van der Waals surface area (Å²) in [6, 6.07) is 1.90.